The first-order chi connectivity index (χ1) is 7.24. The van der Waals surface area contributed by atoms with Gasteiger partial charge in [0.2, 0.25) is 0 Å². The van der Waals surface area contributed by atoms with E-state index in [-0.39, 0.29) is 5.56 Å². The Morgan fingerprint density at radius 1 is 1.67 bits per heavy atom. The van der Waals surface area contributed by atoms with Crippen LogP contribution in [0.3, 0.4) is 0 Å². The molecule has 0 aromatic carbocycles. The Kier molecular flexibility index (Phi) is 3.09. The lowest BCUT2D eigenvalue weighted by Gasteiger charge is -2.16. The summed E-state index contributed by atoms with van der Waals surface area (Å²) in [5.74, 6) is 0.545. The van der Waals surface area contributed by atoms with Crippen LogP contribution in [0.25, 0.3) is 0 Å². The molecule has 0 radical (unpaired) electrons. The third kappa shape index (κ3) is 2.22. The molecule has 2 rings (SSSR count). The molecular formula is C10H14BrN3O. The van der Waals surface area contributed by atoms with Gasteiger partial charge in [0.05, 0.1) is 0 Å². The van der Waals surface area contributed by atoms with Crippen LogP contribution in [0.5, 0.6) is 0 Å². The number of nitrogens with zero attached hydrogens (tertiary/aromatic N) is 3. The number of aromatic nitrogens is 2. The van der Waals surface area contributed by atoms with E-state index in [0.717, 1.165) is 24.7 Å². The summed E-state index contributed by atoms with van der Waals surface area (Å²) < 4.78 is 1.80. The zero-order valence-corrected chi connectivity index (χ0v) is 10.3. The molecule has 0 saturated heterocycles. The van der Waals surface area contributed by atoms with E-state index in [1.807, 2.05) is 11.9 Å². The average Bonchev–Trinajstić information content (AvgIpc) is 3.02. The van der Waals surface area contributed by atoms with Crippen molar-refractivity contribution in [2.45, 2.75) is 18.9 Å². The number of hydrogen-bond donors (Lipinski definition) is 0. The van der Waals surface area contributed by atoms with Crippen LogP contribution in [0.15, 0.2) is 17.2 Å². The van der Waals surface area contributed by atoms with Crippen molar-refractivity contribution < 1.29 is 0 Å². The van der Waals surface area contributed by atoms with Gasteiger partial charge in [0.15, 0.2) is 5.82 Å². The number of alkyl halides is 1. The van der Waals surface area contributed by atoms with Crippen molar-refractivity contribution in [1.29, 1.82) is 0 Å². The van der Waals surface area contributed by atoms with Crippen molar-refractivity contribution >= 4 is 21.7 Å². The molecular weight excluding hydrogens is 258 g/mol. The molecule has 4 nitrogen and oxygen atoms in total. The highest BCUT2D eigenvalue weighted by molar-refractivity contribution is 9.09. The molecule has 1 fully saturated rings. The lowest BCUT2D eigenvalue weighted by Crippen LogP contribution is -2.31. The van der Waals surface area contributed by atoms with Gasteiger partial charge in [-0.05, 0) is 12.8 Å². The Balaban J connectivity index is 2.31. The first-order valence-electron chi connectivity index (χ1n) is 5.08. The van der Waals surface area contributed by atoms with Crippen molar-refractivity contribution in [1.82, 2.24) is 9.55 Å². The molecule has 0 spiro atoms. The molecule has 0 amide bonds. The summed E-state index contributed by atoms with van der Waals surface area (Å²) >= 11 is 3.35. The number of halogens is 1. The second kappa shape index (κ2) is 4.35. The van der Waals surface area contributed by atoms with Crippen molar-refractivity contribution in [3.63, 3.8) is 0 Å². The first kappa shape index (κ1) is 10.7. The first-order valence-corrected chi connectivity index (χ1v) is 6.20. The Bertz CT molecular complexity index is 400. The summed E-state index contributed by atoms with van der Waals surface area (Å²) in [6.45, 7) is 0.789. The predicted octanol–water partition coefficient (Wildman–Crippen LogP) is 1.41. The summed E-state index contributed by atoms with van der Waals surface area (Å²) in [4.78, 5) is 18.0. The monoisotopic (exact) mass is 271 g/mol. The smallest absolute Gasteiger partial charge is 0.293 e. The van der Waals surface area contributed by atoms with Gasteiger partial charge in [-0.1, -0.05) is 15.9 Å². The summed E-state index contributed by atoms with van der Waals surface area (Å²) in [7, 11) is 1.89. The average molecular weight is 272 g/mol. The second-order valence-corrected chi connectivity index (χ2v) is 4.60. The molecule has 0 N–H and O–H groups in total. The van der Waals surface area contributed by atoms with E-state index >= 15 is 0 Å². The highest BCUT2D eigenvalue weighted by Gasteiger charge is 2.25. The van der Waals surface area contributed by atoms with Gasteiger partial charge in [-0.25, -0.2) is 4.98 Å². The quantitative estimate of drug-likeness (QED) is 0.778. The van der Waals surface area contributed by atoms with Crippen LogP contribution in [0.1, 0.15) is 18.9 Å². The largest absolute Gasteiger partial charge is 0.354 e. The molecule has 1 aliphatic carbocycles. The molecule has 1 aromatic rings. The van der Waals surface area contributed by atoms with Gasteiger partial charge in [-0.15, -0.1) is 0 Å². The maximum absolute atomic E-state index is 12.0. The van der Waals surface area contributed by atoms with Gasteiger partial charge < -0.3 is 9.47 Å². The van der Waals surface area contributed by atoms with E-state index in [1.165, 1.54) is 0 Å². The molecule has 5 heteroatoms. The van der Waals surface area contributed by atoms with Crippen LogP contribution in [-0.2, 0) is 0 Å². The van der Waals surface area contributed by atoms with E-state index < -0.39 is 0 Å². The van der Waals surface area contributed by atoms with Gasteiger partial charge in [-0.3, -0.25) is 4.79 Å². The number of anilines is 1. The zero-order valence-electron chi connectivity index (χ0n) is 8.69. The van der Waals surface area contributed by atoms with Gasteiger partial charge in [0, 0.05) is 37.4 Å². The van der Waals surface area contributed by atoms with Crippen molar-refractivity contribution in [2.24, 2.45) is 0 Å². The molecule has 1 aliphatic rings. The maximum Gasteiger partial charge on any atom is 0.293 e. The minimum atomic E-state index is 0.0310. The zero-order chi connectivity index (χ0) is 10.8. The lowest BCUT2D eigenvalue weighted by molar-refractivity contribution is 0.693. The Hall–Kier alpha value is -0.840. The highest BCUT2D eigenvalue weighted by atomic mass is 79.9. The lowest BCUT2D eigenvalue weighted by atomic mass is 10.5. The molecule has 0 bridgehead atoms. The maximum atomic E-state index is 12.0. The SMILES string of the molecule is CN(CCBr)c1nccn(C2CC2)c1=O. The fourth-order valence-electron chi connectivity index (χ4n) is 1.55. The van der Waals surface area contributed by atoms with Crippen molar-refractivity contribution in [3.05, 3.63) is 22.7 Å². The third-order valence-electron chi connectivity index (χ3n) is 2.57. The van der Waals surface area contributed by atoms with Crippen molar-refractivity contribution in [2.75, 3.05) is 23.8 Å². The normalized spacial score (nSPS) is 15.3. The van der Waals surface area contributed by atoms with E-state index in [2.05, 4.69) is 20.9 Å². The van der Waals surface area contributed by atoms with E-state index in [9.17, 15) is 4.79 Å². The summed E-state index contributed by atoms with van der Waals surface area (Å²) in [6, 6.07) is 0.414. The summed E-state index contributed by atoms with van der Waals surface area (Å²) in [5, 5.41) is 0.836. The van der Waals surface area contributed by atoms with Crippen LogP contribution in [0.4, 0.5) is 5.82 Å². The Morgan fingerprint density at radius 2 is 2.40 bits per heavy atom. The summed E-state index contributed by atoms with van der Waals surface area (Å²) in [6.07, 6.45) is 5.72. The van der Waals surface area contributed by atoms with Crippen LogP contribution in [0, 0.1) is 0 Å². The van der Waals surface area contributed by atoms with Gasteiger partial charge >= 0.3 is 0 Å². The Labute approximate surface area is 97.1 Å². The molecule has 0 aliphatic heterocycles. The molecule has 1 heterocycles. The number of rotatable bonds is 4. The minimum absolute atomic E-state index is 0.0310. The minimum Gasteiger partial charge on any atom is -0.354 e. The van der Waals surface area contributed by atoms with Crippen molar-refractivity contribution in [3.8, 4) is 0 Å². The molecule has 15 heavy (non-hydrogen) atoms. The molecule has 1 aromatic heterocycles. The fourth-order valence-corrected chi connectivity index (χ4v) is 2.08. The van der Waals surface area contributed by atoms with Crippen LogP contribution in [0.2, 0.25) is 0 Å². The Morgan fingerprint density at radius 3 is 3.00 bits per heavy atom. The van der Waals surface area contributed by atoms with Crippen LogP contribution < -0.4 is 10.5 Å². The molecule has 0 unspecified atom stereocenters. The molecule has 82 valence electrons. The standard InChI is InChI=1S/C10H14BrN3O/c1-13(6-4-11)9-10(15)14(7-5-12-9)8-2-3-8/h5,7-8H,2-4,6H2,1H3. The second-order valence-electron chi connectivity index (χ2n) is 3.80. The van der Waals surface area contributed by atoms with Crippen LogP contribution >= 0.6 is 15.9 Å². The topological polar surface area (TPSA) is 38.1 Å². The van der Waals surface area contributed by atoms with Crippen LogP contribution in [-0.4, -0.2) is 28.5 Å². The molecule has 1 saturated carbocycles. The summed E-state index contributed by atoms with van der Waals surface area (Å²) in [5.41, 5.74) is 0.0310. The van der Waals surface area contributed by atoms with E-state index in [1.54, 1.807) is 17.0 Å². The highest BCUT2D eigenvalue weighted by Crippen LogP contribution is 2.33. The third-order valence-corrected chi connectivity index (χ3v) is 2.93. The van der Waals surface area contributed by atoms with Gasteiger partial charge in [0.1, 0.15) is 0 Å². The molecule has 0 atom stereocenters. The fraction of sp³-hybridized carbons (Fsp3) is 0.600. The van der Waals surface area contributed by atoms with E-state index in [0.29, 0.717) is 11.9 Å². The number of hydrogen-bond acceptors (Lipinski definition) is 3. The van der Waals surface area contributed by atoms with E-state index in [4.69, 9.17) is 0 Å². The van der Waals surface area contributed by atoms with Gasteiger partial charge in [-0.2, -0.15) is 0 Å². The predicted molar refractivity (Wildman–Crippen MR) is 63.8 cm³/mol. The van der Waals surface area contributed by atoms with Gasteiger partial charge in [0.25, 0.3) is 5.56 Å².